The van der Waals surface area contributed by atoms with Crippen LogP contribution in [0.4, 0.5) is 0 Å². The lowest BCUT2D eigenvalue weighted by Crippen LogP contribution is -1.83. The van der Waals surface area contributed by atoms with Crippen molar-refractivity contribution >= 4 is 18.2 Å². The summed E-state index contributed by atoms with van der Waals surface area (Å²) in [6, 6.07) is 6.73. The predicted molar refractivity (Wildman–Crippen MR) is 38.3 cm³/mol. The number of aldehydes is 1. The molecule has 0 heterocycles. The van der Waals surface area contributed by atoms with Crippen LogP contribution in [-0.4, -0.2) is 6.29 Å². The molecule has 0 saturated heterocycles. The second-order valence-corrected chi connectivity index (χ2v) is 1.89. The Morgan fingerprint density at radius 2 is 2.10 bits per heavy atom. The maximum Gasteiger partial charge on any atom is 0.156 e. The van der Waals surface area contributed by atoms with Gasteiger partial charge in [-0.2, -0.15) is 0 Å². The second kappa shape index (κ2) is 3.22. The van der Waals surface area contributed by atoms with Gasteiger partial charge in [0, 0.05) is 0 Å². The van der Waals surface area contributed by atoms with Gasteiger partial charge in [-0.3, -0.25) is 4.79 Å². The van der Waals surface area contributed by atoms with Crippen molar-refractivity contribution in [2.75, 3.05) is 0 Å². The molecule has 0 aliphatic rings. The van der Waals surface area contributed by atoms with Crippen LogP contribution >= 0.6 is 11.9 Å². The molecule has 0 bridgehead atoms. The SMILES string of the molecule is O=Cc1ccccc1OCl. The molecular formula is C7H5ClO2. The highest BCUT2D eigenvalue weighted by atomic mass is 35.5. The number of rotatable bonds is 2. The summed E-state index contributed by atoms with van der Waals surface area (Å²) in [4.78, 5) is 10.2. The number of hydrogen-bond acceptors (Lipinski definition) is 2. The van der Waals surface area contributed by atoms with E-state index in [-0.39, 0.29) is 0 Å². The Balaban J connectivity index is 3.08. The number of benzene rings is 1. The molecule has 0 aromatic heterocycles. The molecule has 0 aliphatic carbocycles. The van der Waals surface area contributed by atoms with Crippen molar-refractivity contribution < 1.29 is 9.08 Å². The highest BCUT2D eigenvalue weighted by molar-refractivity contribution is 6.09. The molecule has 0 fully saturated rings. The molecule has 2 nitrogen and oxygen atoms in total. The van der Waals surface area contributed by atoms with Gasteiger partial charge in [0.05, 0.1) is 5.56 Å². The van der Waals surface area contributed by atoms with E-state index in [9.17, 15) is 4.79 Å². The summed E-state index contributed by atoms with van der Waals surface area (Å²) in [7, 11) is 0. The van der Waals surface area contributed by atoms with Gasteiger partial charge in [0.15, 0.2) is 12.0 Å². The summed E-state index contributed by atoms with van der Waals surface area (Å²) < 4.78 is 4.38. The van der Waals surface area contributed by atoms with E-state index >= 15 is 0 Å². The topological polar surface area (TPSA) is 26.3 Å². The lowest BCUT2D eigenvalue weighted by atomic mass is 10.2. The van der Waals surface area contributed by atoms with Gasteiger partial charge < -0.3 is 4.29 Å². The zero-order valence-electron chi connectivity index (χ0n) is 5.08. The summed E-state index contributed by atoms with van der Waals surface area (Å²) in [5, 5.41) is 0. The van der Waals surface area contributed by atoms with Gasteiger partial charge in [0.25, 0.3) is 0 Å². The monoisotopic (exact) mass is 156 g/mol. The summed E-state index contributed by atoms with van der Waals surface area (Å²) in [5.41, 5.74) is 0.456. The highest BCUT2D eigenvalue weighted by Gasteiger charge is 1.98. The number of halogens is 1. The van der Waals surface area contributed by atoms with Gasteiger partial charge in [0.1, 0.15) is 11.9 Å². The quantitative estimate of drug-likeness (QED) is 0.613. The smallest absolute Gasteiger partial charge is 0.156 e. The molecule has 1 aromatic carbocycles. The fraction of sp³-hybridized carbons (Fsp3) is 0. The van der Waals surface area contributed by atoms with E-state index in [0.29, 0.717) is 17.6 Å². The molecule has 0 aliphatic heterocycles. The third-order valence-electron chi connectivity index (χ3n) is 1.13. The molecule has 1 rings (SSSR count). The Kier molecular flexibility index (Phi) is 2.29. The lowest BCUT2D eigenvalue weighted by molar-refractivity contribution is 0.112. The molecule has 10 heavy (non-hydrogen) atoms. The summed E-state index contributed by atoms with van der Waals surface area (Å²) in [5.74, 6) is 0.388. The van der Waals surface area contributed by atoms with Crippen molar-refractivity contribution in [1.29, 1.82) is 0 Å². The molecule has 52 valence electrons. The van der Waals surface area contributed by atoms with E-state index in [1.165, 1.54) is 0 Å². The molecule has 0 atom stereocenters. The molecule has 3 heteroatoms. The first-order valence-corrected chi connectivity index (χ1v) is 3.02. The van der Waals surface area contributed by atoms with E-state index in [0.717, 1.165) is 0 Å². The van der Waals surface area contributed by atoms with Crippen LogP contribution in [0.5, 0.6) is 5.75 Å². The minimum absolute atomic E-state index is 0.388. The van der Waals surface area contributed by atoms with Crippen molar-refractivity contribution in [3.05, 3.63) is 29.8 Å². The van der Waals surface area contributed by atoms with Crippen LogP contribution in [0, 0.1) is 0 Å². The molecule has 0 radical (unpaired) electrons. The first-order valence-electron chi connectivity index (χ1n) is 2.71. The first kappa shape index (κ1) is 7.09. The Bertz CT molecular complexity index is 235. The van der Waals surface area contributed by atoms with Gasteiger partial charge in [-0.05, 0) is 12.1 Å². The normalized spacial score (nSPS) is 8.90. The number of carbonyl (C=O) groups excluding carboxylic acids is 1. The Morgan fingerprint density at radius 1 is 1.40 bits per heavy atom. The largest absolute Gasteiger partial charge is 0.385 e. The maximum absolute atomic E-state index is 10.2. The van der Waals surface area contributed by atoms with Crippen LogP contribution in [0.1, 0.15) is 10.4 Å². The molecule has 0 saturated carbocycles. The van der Waals surface area contributed by atoms with Crippen LogP contribution < -0.4 is 4.29 Å². The molecular weight excluding hydrogens is 152 g/mol. The van der Waals surface area contributed by atoms with Crippen molar-refractivity contribution in [1.82, 2.24) is 0 Å². The van der Waals surface area contributed by atoms with Crippen molar-refractivity contribution in [2.45, 2.75) is 0 Å². The second-order valence-electron chi connectivity index (χ2n) is 1.73. The van der Waals surface area contributed by atoms with E-state index in [4.69, 9.17) is 11.9 Å². The fourth-order valence-electron chi connectivity index (χ4n) is 0.648. The standard InChI is InChI=1S/C7H5ClO2/c8-10-7-4-2-1-3-6(7)5-9/h1-5H. The summed E-state index contributed by atoms with van der Waals surface area (Å²) in [6.07, 6.45) is 0.692. The Morgan fingerprint density at radius 3 is 2.60 bits per heavy atom. The van der Waals surface area contributed by atoms with Crippen LogP contribution in [0.15, 0.2) is 24.3 Å². The van der Waals surface area contributed by atoms with Gasteiger partial charge in [-0.25, -0.2) is 0 Å². The van der Waals surface area contributed by atoms with Crippen LogP contribution in [0.2, 0.25) is 0 Å². The van der Waals surface area contributed by atoms with E-state index < -0.39 is 0 Å². The minimum atomic E-state index is 0.388. The number of hydrogen-bond donors (Lipinski definition) is 0. The zero-order chi connectivity index (χ0) is 7.40. The van der Waals surface area contributed by atoms with E-state index in [1.807, 2.05) is 0 Å². The van der Waals surface area contributed by atoms with Crippen LogP contribution in [0.25, 0.3) is 0 Å². The van der Waals surface area contributed by atoms with Gasteiger partial charge in [-0.15, -0.1) is 0 Å². The zero-order valence-corrected chi connectivity index (χ0v) is 5.84. The number of carbonyl (C=O) groups is 1. The summed E-state index contributed by atoms with van der Waals surface area (Å²) >= 11 is 5.05. The van der Waals surface area contributed by atoms with Gasteiger partial charge in [-0.1, -0.05) is 12.1 Å². The third kappa shape index (κ3) is 1.28. The average molecular weight is 157 g/mol. The third-order valence-corrected chi connectivity index (χ3v) is 1.30. The molecule has 0 N–H and O–H groups in total. The van der Waals surface area contributed by atoms with Gasteiger partial charge >= 0.3 is 0 Å². The Labute approximate surface area is 63.5 Å². The van der Waals surface area contributed by atoms with Crippen LogP contribution in [-0.2, 0) is 0 Å². The highest BCUT2D eigenvalue weighted by Crippen LogP contribution is 2.16. The van der Waals surface area contributed by atoms with Crippen LogP contribution in [0.3, 0.4) is 0 Å². The van der Waals surface area contributed by atoms with E-state index in [1.54, 1.807) is 24.3 Å². The minimum Gasteiger partial charge on any atom is -0.385 e. The maximum atomic E-state index is 10.2. The average Bonchev–Trinajstić information content (AvgIpc) is 2.04. The lowest BCUT2D eigenvalue weighted by Gasteiger charge is -1.96. The van der Waals surface area contributed by atoms with Gasteiger partial charge in [0.2, 0.25) is 0 Å². The summed E-state index contributed by atoms with van der Waals surface area (Å²) in [6.45, 7) is 0. The fourth-order valence-corrected chi connectivity index (χ4v) is 0.789. The molecule has 0 amide bonds. The Hall–Kier alpha value is -1.02. The molecule has 0 unspecified atom stereocenters. The van der Waals surface area contributed by atoms with E-state index in [2.05, 4.69) is 4.29 Å². The van der Waals surface area contributed by atoms with Crippen molar-refractivity contribution in [2.24, 2.45) is 0 Å². The van der Waals surface area contributed by atoms with Crippen molar-refractivity contribution in [3.63, 3.8) is 0 Å². The molecule has 0 spiro atoms. The molecule has 1 aromatic rings. The van der Waals surface area contributed by atoms with Crippen molar-refractivity contribution in [3.8, 4) is 5.75 Å². The predicted octanol–water partition coefficient (Wildman–Crippen LogP) is 2.03. The first-order chi connectivity index (χ1) is 4.88. The number of para-hydroxylation sites is 1.